The topological polar surface area (TPSA) is 56.5 Å². The Morgan fingerprint density at radius 3 is 3.00 bits per heavy atom. The van der Waals surface area contributed by atoms with Crippen molar-refractivity contribution in [3.05, 3.63) is 0 Å². The molecule has 2 fully saturated rings. The summed E-state index contributed by atoms with van der Waals surface area (Å²) in [4.78, 5) is 0. The molecule has 2 aliphatic heterocycles. The van der Waals surface area contributed by atoms with Gasteiger partial charge in [-0.25, -0.2) is 0 Å². The van der Waals surface area contributed by atoms with Crippen molar-refractivity contribution in [1.82, 2.24) is 5.32 Å². The molecule has 3 unspecified atom stereocenters. The third kappa shape index (κ3) is 2.69. The first-order valence-corrected chi connectivity index (χ1v) is 5.86. The highest BCUT2D eigenvalue weighted by Gasteiger charge is 2.37. The fourth-order valence-electron chi connectivity index (χ4n) is 2.23. The van der Waals surface area contributed by atoms with Crippen molar-refractivity contribution < 1.29 is 9.47 Å². The van der Waals surface area contributed by atoms with Gasteiger partial charge in [0.2, 0.25) is 0 Å². The van der Waals surface area contributed by atoms with Crippen LogP contribution in [0.4, 0.5) is 0 Å². The van der Waals surface area contributed by atoms with Crippen molar-refractivity contribution in [2.45, 2.75) is 31.9 Å². The van der Waals surface area contributed by atoms with Gasteiger partial charge in [0.1, 0.15) is 0 Å². The van der Waals surface area contributed by atoms with E-state index in [1.807, 2.05) is 0 Å². The van der Waals surface area contributed by atoms with E-state index in [0.717, 1.165) is 26.3 Å². The first-order chi connectivity index (χ1) is 7.21. The highest BCUT2D eigenvalue weighted by Crippen LogP contribution is 2.25. The Bertz CT molecular complexity index is 207. The zero-order valence-electron chi connectivity index (χ0n) is 9.50. The zero-order chi connectivity index (χ0) is 10.7. The molecule has 3 N–H and O–H groups in total. The predicted octanol–water partition coefficient (Wildman–Crippen LogP) is 0.119. The van der Waals surface area contributed by atoms with E-state index < -0.39 is 0 Å². The highest BCUT2D eigenvalue weighted by atomic mass is 16.5. The van der Waals surface area contributed by atoms with Crippen LogP contribution < -0.4 is 11.1 Å². The van der Waals surface area contributed by atoms with E-state index in [2.05, 4.69) is 12.2 Å². The average Bonchev–Trinajstić information content (AvgIpc) is 2.79. The lowest BCUT2D eigenvalue weighted by molar-refractivity contribution is 0.104. The van der Waals surface area contributed by atoms with Crippen LogP contribution in [0.25, 0.3) is 0 Å². The normalized spacial score (nSPS) is 41.2. The summed E-state index contributed by atoms with van der Waals surface area (Å²) in [6, 6.07) is 0.162. The standard InChI is InChI=1S/C11H22N2O2/c1-11(8-14-6-10(11)12)7-13-5-9-3-2-4-15-9/h9-10,13H,2-8,12H2,1H3. The Balaban J connectivity index is 1.68. The van der Waals surface area contributed by atoms with Gasteiger partial charge in [-0.15, -0.1) is 0 Å². The molecule has 0 spiro atoms. The van der Waals surface area contributed by atoms with Crippen LogP contribution in [0, 0.1) is 5.41 Å². The molecule has 2 aliphatic rings. The second-order valence-corrected chi connectivity index (χ2v) is 5.04. The van der Waals surface area contributed by atoms with E-state index in [4.69, 9.17) is 15.2 Å². The van der Waals surface area contributed by atoms with Crippen LogP contribution in [0.5, 0.6) is 0 Å². The van der Waals surface area contributed by atoms with Crippen LogP contribution >= 0.6 is 0 Å². The lowest BCUT2D eigenvalue weighted by atomic mass is 9.86. The van der Waals surface area contributed by atoms with Gasteiger partial charge in [0, 0.05) is 31.2 Å². The molecule has 0 aromatic rings. The Hall–Kier alpha value is -0.160. The quantitative estimate of drug-likeness (QED) is 0.698. The first-order valence-electron chi connectivity index (χ1n) is 5.86. The number of ether oxygens (including phenoxy) is 2. The third-order valence-electron chi connectivity index (χ3n) is 3.55. The second-order valence-electron chi connectivity index (χ2n) is 5.04. The van der Waals surface area contributed by atoms with Crippen LogP contribution in [-0.2, 0) is 9.47 Å². The van der Waals surface area contributed by atoms with Crippen molar-refractivity contribution >= 4 is 0 Å². The van der Waals surface area contributed by atoms with Crippen LogP contribution in [0.1, 0.15) is 19.8 Å². The maximum Gasteiger partial charge on any atom is 0.0700 e. The number of hydrogen-bond donors (Lipinski definition) is 2. The van der Waals surface area contributed by atoms with Gasteiger partial charge in [0.05, 0.1) is 19.3 Å². The maximum atomic E-state index is 6.01. The smallest absolute Gasteiger partial charge is 0.0700 e. The summed E-state index contributed by atoms with van der Waals surface area (Å²) in [5, 5.41) is 3.46. The number of rotatable bonds is 4. The number of nitrogens with one attached hydrogen (secondary N) is 1. The molecule has 0 aromatic carbocycles. The number of nitrogens with two attached hydrogens (primary N) is 1. The summed E-state index contributed by atoms with van der Waals surface area (Å²) in [6.45, 7) is 6.44. The van der Waals surface area contributed by atoms with Crippen molar-refractivity contribution in [1.29, 1.82) is 0 Å². The molecule has 2 heterocycles. The van der Waals surface area contributed by atoms with E-state index in [1.54, 1.807) is 0 Å². The second kappa shape index (κ2) is 4.78. The molecule has 15 heavy (non-hydrogen) atoms. The van der Waals surface area contributed by atoms with Crippen LogP contribution in [0.15, 0.2) is 0 Å². The zero-order valence-corrected chi connectivity index (χ0v) is 9.50. The molecule has 4 heteroatoms. The molecule has 0 aliphatic carbocycles. The van der Waals surface area contributed by atoms with Gasteiger partial charge in [-0.05, 0) is 12.8 Å². The predicted molar refractivity (Wildman–Crippen MR) is 58.7 cm³/mol. The van der Waals surface area contributed by atoms with Crippen molar-refractivity contribution in [2.75, 3.05) is 32.9 Å². The molecule has 88 valence electrons. The molecule has 0 radical (unpaired) electrons. The SMILES string of the molecule is CC1(CNCC2CCCO2)COCC1N. The molecule has 0 aromatic heterocycles. The molecule has 4 nitrogen and oxygen atoms in total. The van der Waals surface area contributed by atoms with Crippen LogP contribution in [0.3, 0.4) is 0 Å². The Labute approximate surface area is 91.5 Å². The molecule has 0 saturated carbocycles. The average molecular weight is 214 g/mol. The van der Waals surface area contributed by atoms with Gasteiger partial charge < -0.3 is 20.5 Å². The minimum absolute atomic E-state index is 0.0958. The van der Waals surface area contributed by atoms with Gasteiger partial charge in [0.25, 0.3) is 0 Å². The minimum atomic E-state index is 0.0958. The van der Waals surface area contributed by atoms with Gasteiger partial charge in [-0.3, -0.25) is 0 Å². The lowest BCUT2D eigenvalue weighted by Gasteiger charge is -2.27. The molecule has 3 atom stereocenters. The van der Waals surface area contributed by atoms with Gasteiger partial charge in [-0.1, -0.05) is 6.92 Å². The molecule has 2 saturated heterocycles. The number of hydrogen-bond acceptors (Lipinski definition) is 4. The van der Waals surface area contributed by atoms with Crippen molar-refractivity contribution in [3.8, 4) is 0 Å². The summed E-state index contributed by atoms with van der Waals surface area (Å²) >= 11 is 0. The minimum Gasteiger partial charge on any atom is -0.379 e. The summed E-state index contributed by atoms with van der Waals surface area (Å²) in [6.07, 6.45) is 2.80. The van der Waals surface area contributed by atoms with E-state index >= 15 is 0 Å². The van der Waals surface area contributed by atoms with Crippen molar-refractivity contribution in [2.24, 2.45) is 11.1 Å². The molecule has 0 bridgehead atoms. The molecule has 2 rings (SSSR count). The van der Waals surface area contributed by atoms with Crippen LogP contribution in [-0.4, -0.2) is 45.1 Å². The largest absolute Gasteiger partial charge is 0.379 e. The first kappa shape index (κ1) is 11.3. The molecular formula is C11H22N2O2. The fourth-order valence-corrected chi connectivity index (χ4v) is 2.23. The lowest BCUT2D eigenvalue weighted by Crippen LogP contribution is -2.46. The van der Waals surface area contributed by atoms with Crippen LogP contribution in [0.2, 0.25) is 0 Å². The highest BCUT2D eigenvalue weighted by molar-refractivity contribution is 4.91. The van der Waals surface area contributed by atoms with Gasteiger partial charge >= 0.3 is 0 Å². The molecular weight excluding hydrogens is 192 g/mol. The summed E-state index contributed by atoms with van der Waals surface area (Å²) in [5.74, 6) is 0. The van der Waals surface area contributed by atoms with E-state index in [0.29, 0.717) is 12.7 Å². The summed E-state index contributed by atoms with van der Waals surface area (Å²) in [5.41, 5.74) is 6.11. The van der Waals surface area contributed by atoms with E-state index in [9.17, 15) is 0 Å². The molecule has 0 amide bonds. The van der Waals surface area contributed by atoms with Gasteiger partial charge in [0.15, 0.2) is 0 Å². The Morgan fingerprint density at radius 1 is 1.53 bits per heavy atom. The fraction of sp³-hybridized carbons (Fsp3) is 1.00. The third-order valence-corrected chi connectivity index (χ3v) is 3.55. The maximum absolute atomic E-state index is 6.01. The van der Waals surface area contributed by atoms with E-state index in [1.165, 1.54) is 12.8 Å². The summed E-state index contributed by atoms with van der Waals surface area (Å²) < 4.78 is 11.0. The van der Waals surface area contributed by atoms with Gasteiger partial charge in [-0.2, -0.15) is 0 Å². The summed E-state index contributed by atoms with van der Waals surface area (Å²) in [7, 11) is 0. The Morgan fingerprint density at radius 2 is 2.40 bits per heavy atom. The monoisotopic (exact) mass is 214 g/mol. The Kier molecular flexibility index (Phi) is 3.61. The van der Waals surface area contributed by atoms with Crippen molar-refractivity contribution in [3.63, 3.8) is 0 Å². The van der Waals surface area contributed by atoms with E-state index in [-0.39, 0.29) is 11.5 Å².